The van der Waals surface area contributed by atoms with Gasteiger partial charge in [-0.15, -0.1) is 5.10 Å². The second-order valence-electron chi connectivity index (χ2n) is 5.55. The zero-order valence-corrected chi connectivity index (χ0v) is 14.5. The lowest BCUT2D eigenvalue weighted by molar-refractivity contribution is 0.240. The van der Waals surface area contributed by atoms with Gasteiger partial charge >= 0.3 is 0 Å². The van der Waals surface area contributed by atoms with Crippen molar-refractivity contribution in [3.05, 3.63) is 65.0 Å². The van der Waals surface area contributed by atoms with Gasteiger partial charge < -0.3 is 9.15 Å². The summed E-state index contributed by atoms with van der Waals surface area (Å²) in [6, 6.07) is 17.8. The van der Waals surface area contributed by atoms with Gasteiger partial charge in [0.15, 0.2) is 0 Å². The van der Waals surface area contributed by atoms with Gasteiger partial charge in [0.1, 0.15) is 5.75 Å². The van der Waals surface area contributed by atoms with E-state index in [0.717, 1.165) is 23.4 Å². The van der Waals surface area contributed by atoms with E-state index >= 15 is 0 Å². The number of rotatable bonds is 6. The average Bonchev–Trinajstić information content (AvgIpc) is 2.96. The average molecular weight is 341 g/mol. The third-order valence-electron chi connectivity index (χ3n) is 3.59. The summed E-state index contributed by atoms with van der Waals surface area (Å²) in [6.07, 6.45) is 0. The quantitative estimate of drug-likeness (QED) is 0.635. The Labute approximate surface area is 146 Å². The molecule has 0 bridgehead atoms. The number of benzene rings is 2. The minimum atomic E-state index is 0.367. The molecular formula is C18H19N3O2S. The van der Waals surface area contributed by atoms with Crippen LogP contribution in [0.1, 0.15) is 5.56 Å². The zero-order chi connectivity index (χ0) is 16.9. The van der Waals surface area contributed by atoms with Crippen LogP contribution in [0.2, 0.25) is 0 Å². The first-order valence-corrected chi connectivity index (χ1v) is 8.01. The molecule has 0 N–H and O–H groups in total. The minimum Gasteiger partial charge on any atom is -0.497 e. The summed E-state index contributed by atoms with van der Waals surface area (Å²) < 4.78 is 12.6. The minimum absolute atomic E-state index is 0.367. The summed E-state index contributed by atoms with van der Waals surface area (Å²) in [5, 5.41) is 4.47. The topological polar surface area (TPSA) is 43.4 Å². The van der Waals surface area contributed by atoms with E-state index in [1.807, 2.05) is 55.6 Å². The molecule has 0 aliphatic heterocycles. The molecule has 5 nitrogen and oxygen atoms in total. The molecular weight excluding hydrogens is 322 g/mol. The van der Waals surface area contributed by atoms with Gasteiger partial charge in [0, 0.05) is 12.1 Å². The summed E-state index contributed by atoms with van der Waals surface area (Å²) in [7, 11) is 3.68. The van der Waals surface area contributed by atoms with Gasteiger partial charge in [-0.1, -0.05) is 30.3 Å². The smallest absolute Gasteiger partial charge is 0.288 e. The van der Waals surface area contributed by atoms with Crippen LogP contribution in [-0.2, 0) is 13.2 Å². The predicted octanol–water partition coefficient (Wildman–Crippen LogP) is 3.97. The van der Waals surface area contributed by atoms with Crippen molar-refractivity contribution in [2.75, 3.05) is 14.2 Å². The molecule has 3 rings (SSSR count). The Kier molecular flexibility index (Phi) is 5.08. The van der Waals surface area contributed by atoms with E-state index in [1.54, 1.807) is 11.8 Å². The van der Waals surface area contributed by atoms with Gasteiger partial charge in [-0.3, -0.25) is 4.90 Å². The number of hydrogen-bond donors (Lipinski definition) is 0. The van der Waals surface area contributed by atoms with E-state index in [0.29, 0.717) is 17.4 Å². The van der Waals surface area contributed by atoms with Crippen LogP contribution in [-0.4, -0.2) is 28.8 Å². The highest BCUT2D eigenvalue weighted by Crippen LogP contribution is 2.18. The second-order valence-corrected chi connectivity index (χ2v) is 5.90. The molecule has 0 aliphatic rings. The van der Waals surface area contributed by atoms with Crippen LogP contribution in [0.5, 0.6) is 5.75 Å². The lowest BCUT2D eigenvalue weighted by atomic mass is 10.2. The Bertz CT molecular complexity index is 858. The van der Waals surface area contributed by atoms with Crippen molar-refractivity contribution in [3.8, 4) is 17.2 Å². The second kappa shape index (κ2) is 7.42. The fourth-order valence-corrected chi connectivity index (χ4v) is 2.63. The standard InChI is InChI=1S/C18H19N3O2S/c1-20(12-14-7-6-10-16(11-14)22-2)13-21-18(24)23-17(19-21)15-8-4-3-5-9-15/h3-11H,12-13H2,1-2H3. The van der Waals surface area contributed by atoms with Crippen molar-refractivity contribution in [3.63, 3.8) is 0 Å². The summed E-state index contributed by atoms with van der Waals surface area (Å²) in [5.41, 5.74) is 2.08. The molecule has 0 amide bonds. The number of ether oxygens (including phenoxy) is 1. The van der Waals surface area contributed by atoms with Gasteiger partial charge in [-0.25, -0.2) is 4.68 Å². The molecule has 1 heterocycles. The van der Waals surface area contributed by atoms with Gasteiger partial charge in [-0.2, -0.15) is 0 Å². The monoisotopic (exact) mass is 341 g/mol. The van der Waals surface area contributed by atoms with E-state index in [-0.39, 0.29) is 0 Å². The molecule has 0 fully saturated rings. The highest BCUT2D eigenvalue weighted by atomic mass is 32.1. The normalized spacial score (nSPS) is 11.0. The van der Waals surface area contributed by atoms with Gasteiger partial charge in [0.2, 0.25) is 5.89 Å². The molecule has 0 spiro atoms. The van der Waals surface area contributed by atoms with Crippen molar-refractivity contribution < 1.29 is 9.15 Å². The van der Waals surface area contributed by atoms with Crippen LogP contribution in [0.3, 0.4) is 0 Å². The molecule has 0 saturated heterocycles. The Hall–Kier alpha value is -2.44. The van der Waals surface area contributed by atoms with Crippen LogP contribution in [0.25, 0.3) is 11.5 Å². The third kappa shape index (κ3) is 3.90. The van der Waals surface area contributed by atoms with Crippen LogP contribution in [0, 0.1) is 4.84 Å². The first kappa shape index (κ1) is 16.4. The van der Waals surface area contributed by atoms with Crippen LogP contribution in [0.4, 0.5) is 0 Å². The van der Waals surface area contributed by atoms with E-state index in [2.05, 4.69) is 16.1 Å². The molecule has 0 saturated carbocycles. The molecule has 1 aromatic heterocycles. The summed E-state index contributed by atoms with van der Waals surface area (Å²) in [6.45, 7) is 1.30. The Morgan fingerprint density at radius 3 is 2.71 bits per heavy atom. The lowest BCUT2D eigenvalue weighted by Gasteiger charge is -2.16. The van der Waals surface area contributed by atoms with Crippen LogP contribution >= 0.6 is 12.2 Å². The number of nitrogens with zero attached hydrogens (tertiary/aromatic N) is 3. The summed E-state index contributed by atoms with van der Waals surface area (Å²) in [5.74, 6) is 1.39. The van der Waals surface area contributed by atoms with Gasteiger partial charge in [0.05, 0.1) is 13.8 Å². The maximum Gasteiger partial charge on any atom is 0.288 e. The molecule has 0 unspecified atom stereocenters. The molecule has 0 radical (unpaired) electrons. The fourth-order valence-electron chi connectivity index (χ4n) is 2.45. The predicted molar refractivity (Wildman–Crippen MR) is 95.2 cm³/mol. The van der Waals surface area contributed by atoms with Gasteiger partial charge in [0.25, 0.3) is 4.84 Å². The third-order valence-corrected chi connectivity index (χ3v) is 3.88. The van der Waals surface area contributed by atoms with Crippen molar-refractivity contribution >= 4 is 12.2 Å². The van der Waals surface area contributed by atoms with E-state index in [1.165, 1.54) is 0 Å². The van der Waals surface area contributed by atoms with Crippen molar-refractivity contribution in [1.29, 1.82) is 0 Å². The molecule has 0 aliphatic carbocycles. The Balaban J connectivity index is 1.71. The maximum atomic E-state index is 5.61. The van der Waals surface area contributed by atoms with E-state index < -0.39 is 0 Å². The lowest BCUT2D eigenvalue weighted by Crippen LogP contribution is -2.22. The highest BCUT2D eigenvalue weighted by molar-refractivity contribution is 7.71. The maximum absolute atomic E-state index is 5.61. The zero-order valence-electron chi connectivity index (χ0n) is 13.7. The summed E-state index contributed by atoms with van der Waals surface area (Å²) in [4.78, 5) is 2.48. The largest absolute Gasteiger partial charge is 0.497 e. The van der Waals surface area contributed by atoms with E-state index in [4.69, 9.17) is 21.4 Å². The van der Waals surface area contributed by atoms with Crippen molar-refractivity contribution in [2.24, 2.45) is 0 Å². The van der Waals surface area contributed by atoms with Crippen LogP contribution in [0.15, 0.2) is 59.0 Å². The molecule has 3 aromatic rings. The number of hydrogen-bond acceptors (Lipinski definition) is 5. The number of aromatic nitrogens is 2. The molecule has 24 heavy (non-hydrogen) atoms. The van der Waals surface area contributed by atoms with E-state index in [9.17, 15) is 0 Å². The van der Waals surface area contributed by atoms with Crippen molar-refractivity contribution in [2.45, 2.75) is 13.2 Å². The molecule has 124 valence electrons. The van der Waals surface area contributed by atoms with Gasteiger partial charge in [-0.05, 0) is 49.1 Å². The Morgan fingerprint density at radius 2 is 1.96 bits per heavy atom. The number of methoxy groups -OCH3 is 1. The molecule has 0 atom stereocenters. The highest BCUT2D eigenvalue weighted by Gasteiger charge is 2.10. The fraction of sp³-hybridized carbons (Fsp3) is 0.222. The molecule has 2 aromatic carbocycles. The first-order valence-electron chi connectivity index (χ1n) is 7.60. The first-order chi connectivity index (χ1) is 11.7. The SMILES string of the molecule is COc1cccc(CN(C)Cn2nc(-c3ccccc3)oc2=S)c1. The molecule has 6 heteroatoms. The Morgan fingerprint density at radius 1 is 1.17 bits per heavy atom. The summed E-state index contributed by atoms with van der Waals surface area (Å²) >= 11 is 5.28. The van der Waals surface area contributed by atoms with Crippen LogP contribution < -0.4 is 4.74 Å². The van der Waals surface area contributed by atoms with Crippen molar-refractivity contribution in [1.82, 2.24) is 14.7 Å².